The van der Waals surface area contributed by atoms with E-state index in [1.54, 1.807) is 20.8 Å². The summed E-state index contributed by atoms with van der Waals surface area (Å²) in [7, 11) is 0. The van der Waals surface area contributed by atoms with Crippen molar-refractivity contribution in [2.75, 3.05) is 13.1 Å². The van der Waals surface area contributed by atoms with Crippen molar-refractivity contribution in [3.63, 3.8) is 0 Å². The first-order chi connectivity index (χ1) is 5.90. The van der Waals surface area contributed by atoms with Gasteiger partial charge in [0.1, 0.15) is 5.60 Å². The van der Waals surface area contributed by atoms with Gasteiger partial charge in [0.05, 0.1) is 5.92 Å². The Labute approximate surface area is 77.6 Å². The number of ether oxygens (including phenoxy) is 1. The summed E-state index contributed by atoms with van der Waals surface area (Å²) in [6.45, 7) is 6.43. The number of ketones is 1. The van der Waals surface area contributed by atoms with Crippen LogP contribution in [-0.2, 0) is 14.3 Å². The number of hydrogen-bond donors (Lipinski definition) is 1. The third-order valence-corrected chi connectivity index (χ3v) is 1.75. The highest BCUT2D eigenvalue weighted by Gasteiger charge is 2.33. The summed E-state index contributed by atoms with van der Waals surface area (Å²) in [4.78, 5) is 22.5. The predicted octanol–water partition coefficient (Wildman–Crippen LogP) is 0.117. The van der Waals surface area contributed by atoms with Crippen molar-refractivity contribution < 1.29 is 14.3 Å². The Morgan fingerprint density at radius 2 is 1.85 bits per heavy atom. The lowest BCUT2D eigenvalue weighted by molar-refractivity contribution is -0.164. The fourth-order valence-corrected chi connectivity index (χ4v) is 0.969. The van der Waals surface area contributed by atoms with Gasteiger partial charge in [-0.15, -0.1) is 0 Å². The molecule has 1 saturated heterocycles. The number of nitrogens with one attached hydrogen (secondary N) is 1. The molecule has 1 aliphatic heterocycles. The number of carbonyl (C=O) groups is 2. The molecule has 1 heterocycles. The van der Waals surface area contributed by atoms with Gasteiger partial charge in [0.2, 0.25) is 5.78 Å². The molecular formula is C9H15NO3. The lowest BCUT2D eigenvalue weighted by atomic mass is 9.98. The highest BCUT2D eigenvalue weighted by molar-refractivity contribution is 6.34. The van der Waals surface area contributed by atoms with Gasteiger partial charge in [0, 0.05) is 13.1 Å². The minimum Gasteiger partial charge on any atom is -0.454 e. The molecule has 74 valence electrons. The zero-order chi connectivity index (χ0) is 10.1. The highest BCUT2D eigenvalue weighted by atomic mass is 16.6. The first-order valence-electron chi connectivity index (χ1n) is 4.38. The first-order valence-corrected chi connectivity index (χ1v) is 4.38. The second kappa shape index (κ2) is 3.46. The average Bonchev–Trinajstić information content (AvgIpc) is 1.78. The molecule has 0 amide bonds. The van der Waals surface area contributed by atoms with Gasteiger partial charge >= 0.3 is 5.97 Å². The van der Waals surface area contributed by atoms with Crippen LogP contribution >= 0.6 is 0 Å². The number of carbonyl (C=O) groups excluding carboxylic acids is 2. The van der Waals surface area contributed by atoms with Crippen molar-refractivity contribution in [1.29, 1.82) is 0 Å². The predicted molar refractivity (Wildman–Crippen MR) is 47.2 cm³/mol. The van der Waals surface area contributed by atoms with E-state index in [0.717, 1.165) is 0 Å². The van der Waals surface area contributed by atoms with Crippen LogP contribution in [0.5, 0.6) is 0 Å². The number of esters is 1. The van der Waals surface area contributed by atoms with Crippen molar-refractivity contribution in [2.45, 2.75) is 26.4 Å². The molecule has 4 heteroatoms. The second-order valence-corrected chi connectivity index (χ2v) is 4.22. The van der Waals surface area contributed by atoms with E-state index >= 15 is 0 Å². The molecule has 4 nitrogen and oxygen atoms in total. The fraction of sp³-hybridized carbons (Fsp3) is 0.778. The van der Waals surface area contributed by atoms with E-state index in [1.807, 2.05) is 0 Å². The minimum absolute atomic E-state index is 0.171. The van der Waals surface area contributed by atoms with Crippen LogP contribution in [0, 0.1) is 5.92 Å². The fourth-order valence-electron chi connectivity index (χ4n) is 0.969. The van der Waals surface area contributed by atoms with Crippen LogP contribution in [-0.4, -0.2) is 30.4 Å². The third-order valence-electron chi connectivity index (χ3n) is 1.75. The quantitative estimate of drug-likeness (QED) is 0.490. The molecule has 1 rings (SSSR count). The maximum absolute atomic E-state index is 11.3. The molecule has 0 spiro atoms. The minimum atomic E-state index is -0.709. The average molecular weight is 185 g/mol. The molecule has 1 fully saturated rings. The summed E-state index contributed by atoms with van der Waals surface area (Å²) < 4.78 is 4.94. The van der Waals surface area contributed by atoms with Crippen LogP contribution in [0.2, 0.25) is 0 Å². The summed E-state index contributed by atoms with van der Waals surface area (Å²) in [6, 6.07) is 0. The van der Waals surface area contributed by atoms with Gasteiger partial charge in [0.25, 0.3) is 0 Å². The molecule has 0 saturated carbocycles. The Balaban J connectivity index is 2.43. The molecule has 0 aromatic carbocycles. The molecule has 13 heavy (non-hydrogen) atoms. The van der Waals surface area contributed by atoms with Crippen LogP contribution in [0.3, 0.4) is 0 Å². The molecule has 0 aromatic heterocycles. The lowest BCUT2D eigenvalue weighted by Crippen LogP contribution is -2.49. The van der Waals surface area contributed by atoms with Crippen LogP contribution in [0.4, 0.5) is 0 Å². The van der Waals surface area contributed by atoms with Crippen LogP contribution < -0.4 is 5.32 Å². The van der Waals surface area contributed by atoms with E-state index in [4.69, 9.17) is 4.74 Å². The Hall–Kier alpha value is -0.900. The van der Waals surface area contributed by atoms with Crippen molar-refractivity contribution in [3.8, 4) is 0 Å². The molecular weight excluding hydrogens is 170 g/mol. The van der Waals surface area contributed by atoms with Gasteiger partial charge in [-0.3, -0.25) is 4.79 Å². The lowest BCUT2D eigenvalue weighted by Gasteiger charge is -2.26. The van der Waals surface area contributed by atoms with Gasteiger partial charge in [-0.2, -0.15) is 0 Å². The number of rotatable bonds is 2. The number of Topliss-reactive ketones (excluding diaryl/α,β-unsaturated/α-hetero) is 1. The zero-order valence-electron chi connectivity index (χ0n) is 8.22. The Morgan fingerprint density at radius 1 is 1.31 bits per heavy atom. The molecule has 0 atom stereocenters. The summed E-state index contributed by atoms with van der Waals surface area (Å²) in [6.07, 6.45) is 0. The molecule has 0 radical (unpaired) electrons. The van der Waals surface area contributed by atoms with Crippen LogP contribution in [0.25, 0.3) is 0 Å². The SMILES string of the molecule is CC(C)(C)OC(=O)C(=O)C1CNC1. The van der Waals surface area contributed by atoms with Crippen molar-refractivity contribution in [1.82, 2.24) is 5.32 Å². The van der Waals surface area contributed by atoms with Gasteiger partial charge < -0.3 is 10.1 Å². The third kappa shape index (κ3) is 2.81. The normalized spacial score (nSPS) is 17.8. The van der Waals surface area contributed by atoms with Gasteiger partial charge in [-0.25, -0.2) is 4.79 Å². The molecule has 0 unspecified atom stereocenters. The largest absolute Gasteiger partial charge is 0.454 e. The summed E-state index contributed by atoms with van der Waals surface area (Å²) in [5.41, 5.74) is -0.579. The van der Waals surface area contributed by atoms with E-state index in [0.29, 0.717) is 13.1 Å². The number of hydrogen-bond acceptors (Lipinski definition) is 4. The second-order valence-electron chi connectivity index (χ2n) is 4.22. The van der Waals surface area contributed by atoms with E-state index in [9.17, 15) is 9.59 Å². The molecule has 0 aromatic rings. The Morgan fingerprint density at radius 3 is 2.15 bits per heavy atom. The summed E-state index contributed by atoms with van der Waals surface area (Å²) in [5.74, 6) is -1.29. The molecule has 1 aliphatic rings. The van der Waals surface area contributed by atoms with Crippen molar-refractivity contribution in [2.24, 2.45) is 5.92 Å². The maximum Gasteiger partial charge on any atom is 0.375 e. The highest BCUT2D eigenvalue weighted by Crippen LogP contribution is 2.11. The molecule has 0 bridgehead atoms. The van der Waals surface area contributed by atoms with E-state index in [-0.39, 0.29) is 5.92 Å². The first kappa shape index (κ1) is 10.2. The Kier molecular flexibility index (Phi) is 2.71. The smallest absolute Gasteiger partial charge is 0.375 e. The van der Waals surface area contributed by atoms with Crippen LogP contribution in [0.15, 0.2) is 0 Å². The van der Waals surface area contributed by atoms with E-state index in [2.05, 4.69) is 5.32 Å². The van der Waals surface area contributed by atoms with Crippen LogP contribution in [0.1, 0.15) is 20.8 Å². The van der Waals surface area contributed by atoms with Gasteiger partial charge in [-0.1, -0.05) is 0 Å². The monoisotopic (exact) mass is 185 g/mol. The molecule has 0 aliphatic carbocycles. The summed E-state index contributed by atoms with van der Waals surface area (Å²) >= 11 is 0. The Bertz CT molecular complexity index is 226. The van der Waals surface area contributed by atoms with E-state index in [1.165, 1.54) is 0 Å². The summed E-state index contributed by atoms with van der Waals surface area (Å²) in [5, 5.41) is 2.93. The molecule has 1 N–H and O–H groups in total. The van der Waals surface area contributed by atoms with E-state index < -0.39 is 17.4 Å². The topological polar surface area (TPSA) is 55.4 Å². The zero-order valence-corrected chi connectivity index (χ0v) is 8.22. The maximum atomic E-state index is 11.3. The van der Waals surface area contributed by atoms with Gasteiger partial charge in [0.15, 0.2) is 0 Å². The standard InChI is InChI=1S/C9H15NO3/c1-9(2,3)13-8(12)7(11)6-4-10-5-6/h6,10H,4-5H2,1-3H3. The van der Waals surface area contributed by atoms with Crippen molar-refractivity contribution in [3.05, 3.63) is 0 Å². The van der Waals surface area contributed by atoms with Crippen molar-refractivity contribution >= 4 is 11.8 Å². The van der Waals surface area contributed by atoms with Gasteiger partial charge in [-0.05, 0) is 20.8 Å².